The molecule has 1 aromatic carbocycles. The standard InChI is InChI=1S/C23H36N4O2/c1-19(22(28)24-21-12-8-3-4-9-13-21)26-14-16-27(17-15-26)23(29)25(2)18-20-10-6-5-7-11-20/h5-7,10-11,19,21H,3-4,8-9,12-18H2,1-2H3,(H,24,28)/t19-/m1/s1. The minimum absolute atomic E-state index is 0.0593. The van der Waals surface area contributed by atoms with Crippen LogP contribution in [0.2, 0.25) is 0 Å². The molecule has 0 bridgehead atoms. The molecule has 1 saturated heterocycles. The molecule has 6 nitrogen and oxygen atoms in total. The Morgan fingerprint density at radius 3 is 2.28 bits per heavy atom. The van der Waals surface area contributed by atoms with Crippen molar-refractivity contribution in [3.8, 4) is 0 Å². The number of urea groups is 1. The molecule has 2 fully saturated rings. The van der Waals surface area contributed by atoms with E-state index in [2.05, 4.69) is 10.2 Å². The number of amides is 3. The Bertz CT molecular complexity index is 650. The molecule has 1 N–H and O–H groups in total. The number of nitrogens with one attached hydrogen (secondary N) is 1. The van der Waals surface area contributed by atoms with Crippen molar-refractivity contribution in [1.29, 1.82) is 0 Å². The van der Waals surface area contributed by atoms with Gasteiger partial charge >= 0.3 is 6.03 Å². The van der Waals surface area contributed by atoms with E-state index in [4.69, 9.17) is 0 Å². The van der Waals surface area contributed by atoms with E-state index in [0.29, 0.717) is 25.7 Å². The molecule has 0 spiro atoms. The zero-order chi connectivity index (χ0) is 20.6. The Labute approximate surface area is 175 Å². The Kier molecular flexibility index (Phi) is 7.92. The maximum absolute atomic E-state index is 12.8. The van der Waals surface area contributed by atoms with Crippen molar-refractivity contribution >= 4 is 11.9 Å². The zero-order valence-corrected chi connectivity index (χ0v) is 18.0. The van der Waals surface area contributed by atoms with Crippen molar-refractivity contribution in [1.82, 2.24) is 20.0 Å². The van der Waals surface area contributed by atoms with Crippen LogP contribution in [-0.4, -0.2) is 71.9 Å². The highest BCUT2D eigenvalue weighted by Crippen LogP contribution is 2.18. The fraction of sp³-hybridized carbons (Fsp3) is 0.652. The molecule has 1 aromatic rings. The number of benzene rings is 1. The van der Waals surface area contributed by atoms with E-state index in [1.54, 1.807) is 4.90 Å². The molecule has 1 saturated carbocycles. The van der Waals surface area contributed by atoms with Crippen LogP contribution < -0.4 is 5.32 Å². The van der Waals surface area contributed by atoms with E-state index in [1.807, 2.05) is 49.2 Å². The van der Waals surface area contributed by atoms with Gasteiger partial charge in [0, 0.05) is 45.8 Å². The summed E-state index contributed by atoms with van der Waals surface area (Å²) >= 11 is 0. The second-order valence-corrected chi connectivity index (χ2v) is 8.52. The van der Waals surface area contributed by atoms with Crippen LogP contribution in [-0.2, 0) is 11.3 Å². The van der Waals surface area contributed by atoms with Gasteiger partial charge in [0.2, 0.25) is 5.91 Å². The predicted molar refractivity (Wildman–Crippen MR) is 116 cm³/mol. The van der Waals surface area contributed by atoms with Gasteiger partial charge in [0.05, 0.1) is 6.04 Å². The quantitative estimate of drug-likeness (QED) is 0.773. The lowest BCUT2D eigenvalue weighted by Gasteiger charge is -2.39. The summed E-state index contributed by atoms with van der Waals surface area (Å²) in [7, 11) is 1.85. The molecule has 29 heavy (non-hydrogen) atoms. The van der Waals surface area contributed by atoms with Crippen LogP contribution in [0, 0.1) is 0 Å². The number of piperazine rings is 1. The van der Waals surface area contributed by atoms with Crippen molar-refractivity contribution in [2.45, 2.75) is 64.1 Å². The molecule has 1 atom stereocenters. The van der Waals surface area contributed by atoms with Crippen molar-refractivity contribution < 1.29 is 9.59 Å². The summed E-state index contributed by atoms with van der Waals surface area (Å²) in [5.41, 5.74) is 1.13. The van der Waals surface area contributed by atoms with E-state index in [-0.39, 0.29) is 18.0 Å². The molecule has 1 aliphatic carbocycles. The SMILES string of the molecule is C[C@H](C(=O)NC1CCCCCC1)N1CCN(C(=O)N(C)Cc2ccccc2)CC1. The summed E-state index contributed by atoms with van der Waals surface area (Å²) in [5, 5.41) is 3.27. The topological polar surface area (TPSA) is 55.9 Å². The van der Waals surface area contributed by atoms with Crippen LogP contribution in [0.5, 0.6) is 0 Å². The second kappa shape index (κ2) is 10.6. The first-order valence-corrected chi connectivity index (χ1v) is 11.1. The first-order valence-electron chi connectivity index (χ1n) is 11.1. The highest BCUT2D eigenvalue weighted by molar-refractivity contribution is 5.81. The normalized spacial score (nSPS) is 20.0. The third-order valence-corrected chi connectivity index (χ3v) is 6.30. The summed E-state index contributed by atoms with van der Waals surface area (Å²) in [6.45, 7) is 5.41. The first kappa shape index (κ1) is 21.6. The maximum Gasteiger partial charge on any atom is 0.320 e. The van der Waals surface area contributed by atoms with Gasteiger partial charge in [0.1, 0.15) is 0 Å². The van der Waals surface area contributed by atoms with Crippen LogP contribution in [0.4, 0.5) is 4.79 Å². The molecule has 3 amide bonds. The molecule has 0 aromatic heterocycles. The summed E-state index contributed by atoms with van der Waals surface area (Å²) in [4.78, 5) is 31.3. The molecule has 0 radical (unpaired) electrons. The summed E-state index contributed by atoms with van der Waals surface area (Å²) in [5.74, 6) is 0.137. The number of rotatable bonds is 5. The van der Waals surface area contributed by atoms with Crippen LogP contribution in [0.1, 0.15) is 51.0 Å². The van der Waals surface area contributed by atoms with E-state index in [1.165, 1.54) is 25.7 Å². The van der Waals surface area contributed by atoms with Crippen LogP contribution in [0.25, 0.3) is 0 Å². The van der Waals surface area contributed by atoms with Crippen molar-refractivity contribution in [2.24, 2.45) is 0 Å². The van der Waals surface area contributed by atoms with Gasteiger partial charge in [-0.3, -0.25) is 9.69 Å². The minimum Gasteiger partial charge on any atom is -0.352 e. The number of carbonyl (C=O) groups excluding carboxylic acids is 2. The van der Waals surface area contributed by atoms with Crippen molar-refractivity contribution in [3.63, 3.8) is 0 Å². The molecular formula is C23H36N4O2. The van der Waals surface area contributed by atoms with Gasteiger partial charge in [-0.15, -0.1) is 0 Å². The van der Waals surface area contributed by atoms with E-state index in [0.717, 1.165) is 31.5 Å². The van der Waals surface area contributed by atoms with Gasteiger partial charge in [-0.05, 0) is 25.3 Å². The highest BCUT2D eigenvalue weighted by atomic mass is 16.2. The fourth-order valence-electron chi connectivity index (χ4n) is 4.38. The molecule has 1 aliphatic heterocycles. The zero-order valence-electron chi connectivity index (χ0n) is 18.0. The highest BCUT2D eigenvalue weighted by Gasteiger charge is 2.29. The average molecular weight is 401 g/mol. The van der Waals surface area contributed by atoms with E-state index >= 15 is 0 Å². The second-order valence-electron chi connectivity index (χ2n) is 8.52. The third-order valence-electron chi connectivity index (χ3n) is 6.30. The lowest BCUT2D eigenvalue weighted by Crippen LogP contribution is -2.57. The average Bonchev–Trinajstić information content (AvgIpc) is 3.02. The lowest BCUT2D eigenvalue weighted by atomic mass is 10.1. The lowest BCUT2D eigenvalue weighted by molar-refractivity contribution is -0.127. The van der Waals surface area contributed by atoms with Gasteiger partial charge in [-0.25, -0.2) is 4.79 Å². The number of nitrogens with zero attached hydrogens (tertiary/aromatic N) is 3. The molecule has 1 heterocycles. The van der Waals surface area contributed by atoms with Gasteiger partial charge in [-0.1, -0.05) is 56.0 Å². The summed E-state index contributed by atoms with van der Waals surface area (Å²) in [6.07, 6.45) is 7.23. The van der Waals surface area contributed by atoms with Crippen molar-refractivity contribution in [2.75, 3.05) is 33.2 Å². The smallest absolute Gasteiger partial charge is 0.320 e. The molecular weight excluding hydrogens is 364 g/mol. The predicted octanol–water partition coefficient (Wildman–Crippen LogP) is 3.08. The van der Waals surface area contributed by atoms with Crippen molar-refractivity contribution in [3.05, 3.63) is 35.9 Å². The maximum atomic E-state index is 12.8. The molecule has 3 rings (SSSR count). The monoisotopic (exact) mass is 400 g/mol. The minimum atomic E-state index is -0.141. The molecule has 6 heteroatoms. The van der Waals surface area contributed by atoms with Crippen LogP contribution in [0.15, 0.2) is 30.3 Å². The number of hydrogen-bond acceptors (Lipinski definition) is 3. The number of hydrogen-bond donors (Lipinski definition) is 1. The van der Waals surface area contributed by atoms with Crippen LogP contribution >= 0.6 is 0 Å². The molecule has 2 aliphatic rings. The molecule has 160 valence electrons. The summed E-state index contributed by atoms with van der Waals surface area (Å²) < 4.78 is 0. The third kappa shape index (κ3) is 6.20. The van der Waals surface area contributed by atoms with E-state index < -0.39 is 0 Å². The number of carbonyl (C=O) groups is 2. The van der Waals surface area contributed by atoms with Gasteiger partial charge in [-0.2, -0.15) is 0 Å². The Morgan fingerprint density at radius 2 is 1.66 bits per heavy atom. The first-order chi connectivity index (χ1) is 14.0. The van der Waals surface area contributed by atoms with Gasteiger partial charge in [0.15, 0.2) is 0 Å². The fourth-order valence-corrected chi connectivity index (χ4v) is 4.38. The van der Waals surface area contributed by atoms with Crippen LogP contribution in [0.3, 0.4) is 0 Å². The Hall–Kier alpha value is -2.08. The van der Waals surface area contributed by atoms with Gasteiger partial charge in [0.25, 0.3) is 0 Å². The van der Waals surface area contributed by atoms with E-state index in [9.17, 15) is 9.59 Å². The Morgan fingerprint density at radius 1 is 1.03 bits per heavy atom. The van der Waals surface area contributed by atoms with Gasteiger partial charge < -0.3 is 15.1 Å². The molecule has 0 unspecified atom stereocenters. The summed E-state index contributed by atoms with van der Waals surface area (Å²) in [6, 6.07) is 10.3. The Balaban J connectivity index is 1.43. The largest absolute Gasteiger partial charge is 0.352 e.